The Hall–Kier alpha value is -2.84. The SMILES string of the molecule is COc1cccc(S(=O)(=O)Nc2cc3ccccc3c(N3CCN(C)CC3)n2)c1. The molecular weight excluding hydrogens is 388 g/mol. The number of anilines is 2. The lowest BCUT2D eigenvalue weighted by atomic mass is 10.1. The largest absolute Gasteiger partial charge is 0.497 e. The molecule has 0 bridgehead atoms. The second-order valence-electron chi connectivity index (χ2n) is 7.13. The van der Waals surface area contributed by atoms with Gasteiger partial charge in [-0.3, -0.25) is 4.72 Å². The van der Waals surface area contributed by atoms with Crippen molar-refractivity contribution >= 4 is 32.4 Å². The van der Waals surface area contributed by atoms with Crippen molar-refractivity contribution in [2.45, 2.75) is 4.90 Å². The Balaban J connectivity index is 1.72. The van der Waals surface area contributed by atoms with Crippen molar-refractivity contribution in [1.82, 2.24) is 9.88 Å². The number of pyridine rings is 1. The van der Waals surface area contributed by atoms with Gasteiger partial charge in [0.25, 0.3) is 10.0 Å². The second-order valence-corrected chi connectivity index (χ2v) is 8.81. The molecular formula is C21H24N4O3S. The van der Waals surface area contributed by atoms with E-state index in [-0.39, 0.29) is 4.90 Å². The highest BCUT2D eigenvalue weighted by molar-refractivity contribution is 7.92. The van der Waals surface area contributed by atoms with Crippen molar-refractivity contribution in [1.29, 1.82) is 0 Å². The number of fused-ring (bicyclic) bond motifs is 1. The Bertz CT molecular complexity index is 1130. The van der Waals surface area contributed by atoms with Crippen LogP contribution in [0, 0.1) is 0 Å². The zero-order valence-corrected chi connectivity index (χ0v) is 17.3. The van der Waals surface area contributed by atoms with Gasteiger partial charge in [0.2, 0.25) is 0 Å². The maximum atomic E-state index is 12.9. The van der Waals surface area contributed by atoms with E-state index in [0.717, 1.165) is 42.8 Å². The van der Waals surface area contributed by atoms with Crippen LogP contribution in [0.5, 0.6) is 5.75 Å². The number of rotatable bonds is 5. The van der Waals surface area contributed by atoms with Crippen LogP contribution >= 0.6 is 0 Å². The van der Waals surface area contributed by atoms with Crippen LogP contribution in [-0.2, 0) is 10.0 Å². The average molecular weight is 413 g/mol. The first-order chi connectivity index (χ1) is 14.0. The Labute approximate surface area is 171 Å². The predicted octanol–water partition coefficient (Wildman–Crippen LogP) is 2.80. The van der Waals surface area contributed by atoms with Crippen LogP contribution in [-0.4, -0.2) is 58.6 Å². The zero-order valence-electron chi connectivity index (χ0n) is 16.5. The van der Waals surface area contributed by atoms with Gasteiger partial charge in [-0.2, -0.15) is 0 Å². The fraction of sp³-hybridized carbons (Fsp3) is 0.286. The minimum absolute atomic E-state index is 0.132. The summed E-state index contributed by atoms with van der Waals surface area (Å²) in [5.41, 5.74) is 0. The van der Waals surface area contributed by atoms with Crippen molar-refractivity contribution in [3.05, 3.63) is 54.6 Å². The number of ether oxygens (including phenoxy) is 1. The highest BCUT2D eigenvalue weighted by atomic mass is 32.2. The van der Waals surface area contributed by atoms with Gasteiger partial charge in [-0.25, -0.2) is 13.4 Å². The van der Waals surface area contributed by atoms with Gasteiger partial charge in [0, 0.05) is 37.6 Å². The lowest BCUT2D eigenvalue weighted by Gasteiger charge is -2.34. The summed E-state index contributed by atoms with van der Waals surface area (Å²) in [7, 11) is -0.185. The molecule has 0 spiro atoms. The van der Waals surface area contributed by atoms with Gasteiger partial charge in [0.05, 0.1) is 12.0 Å². The summed E-state index contributed by atoms with van der Waals surface area (Å²) in [6.45, 7) is 3.57. The van der Waals surface area contributed by atoms with Gasteiger partial charge in [0.1, 0.15) is 17.4 Å². The van der Waals surface area contributed by atoms with Crippen molar-refractivity contribution in [3.8, 4) is 5.75 Å². The lowest BCUT2D eigenvalue weighted by molar-refractivity contribution is 0.312. The Morgan fingerprint density at radius 1 is 1.00 bits per heavy atom. The summed E-state index contributed by atoms with van der Waals surface area (Å²) in [6, 6.07) is 16.1. The van der Waals surface area contributed by atoms with Crippen molar-refractivity contribution in [2.24, 2.45) is 0 Å². The minimum Gasteiger partial charge on any atom is -0.497 e. The van der Waals surface area contributed by atoms with E-state index >= 15 is 0 Å². The first-order valence-corrected chi connectivity index (χ1v) is 10.9. The normalized spacial score (nSPS) is 15.4. The maximum absolute atomic E-state index is 12.9. The molecule has 0 radical (unpaired) electrons. The van der Waals surface area contributed by atoms with Crippen molar-refractivity contribution in [3.63, 3.8) is 0 Å². The summed E-state index contributed by atoms with van der Waals surface area (Å²) >= 11 is 0. The standard InChI is InChI=1S/C21H24N4O3S/c1-24-10-12-25(13-11-24)21-19-9-4-3-6-16(19)14-20(22-21)23-29(26,27)18-8-5-7-17(15-18)28-2/h3-9,14-15H,10-13H2,1-2H3,(H,22,23). The molecule has 4 rings (SSSR count). The van der Waals surface area contributed by atoms with E-state index in [1.165, 1.54) is 19.2 Å². The number of aromatic nitrogens is 1. The first kappa shape index (κ1) is 19.5. The fourth-order valence-corrected chi connectivity index (χ4v) is 4.48. The molecule has 0 unspecified atom stereocenters. The number of hydrogen-bond acceptors (Lipinski definition) is 6. The molecule has 0 amide bonds. The monoisotopic (exact) mass is 412 g/mol. The van der Waals surface area contributed by atoms with E-state index in [4.69, 9.17) is 4.74 Å². The van der Waals surface area contributed by atoms with E-state index in [2.05, 4.69) is 26.6 Å². The van der Waals surface area contributed by atoms with Gasteiger partial charge in [-0.05, 0) is 30.6 Å². The number of nitrogens with zero attached hydrogens (tertiary/aromatic N) is 3. The van der Waals surface area contributed by atoms with Gasteiger partial charge in [0.15, 0.2) is 0 Å². The molecule has 1 aromatic heterocycles. The number of benzene rings is 2. The van der Waals surface area contributed by atoms with Crippen molar-refractivity contribution in [2.75, 3.05) is 50.0 Å². The number of methoxy groups -OCH3 is 1. The highest BCUT2D eigenvalue weighted by Gasteiger charge is 2.21. The summed E-state index contributed by atoms with van der Waals surface area (Å²) in [5, 5.41) is 1.96. The molecule has 152 valence electrons. The van der Waals surface area contributed by atoms with Crippen molar-refractivity contribution < 1.29 is 13.2 Å². The molecule has 1 aliphatic heterocycles. The summed E-state index contributed by atoms with van der Waals surface area (Å²) < 4.78 is 33.6. The van der Waals surface area contributed by atoms with Crippen LogP contribution in [0.4, 0.5) is 11.6 Å². The van der Waals surface area contributed by atoms with E-state index < -0.39 is 10.0 Å². The Morgan fingerprint density at radius 3 is 2.52 bits per heavy atom. The zero-order chi connectivity index (χ0) is 20.4. The number of likely N-dealkylation sites (N-methyl/N-ethyl adjacent to an activating group) is 1. The maximum Gasteiger partial charge on any atom is 0.263 e. The molecule has 2 aromatic carbocycles. The number of nitrogens with one attached hydrogen (secondary N) is 1. The average Bonchev–Trinajstić information content (AvgIpc) is 2.73. The molecule has 1 aliphatic rings. The van der Waals surface area contributed by atoms with Gasteiger partial charge < -0.3 is 14.5 Å². The first-order valence-electron chi connectivity index (χ1n) is 9.46. The van der Waals surface area contributed by atoms with Gasteiger partial charge in [-0.1, -0.05) is 30.3 Å². The van der Waals surface area contributed by atoms with Crippen LogP contribution in [0.25, 0.3) is 10.8 Å². The molecule has 8 heteroatoms. The predicted molar refractivity (Wildman–Crippen MR) is 115 cm³/mol. The topological polar surface area (TPSA) is 74.8 Å². The highest BCUT2D eigenvalue weighted by Crippen LogP contribution is 2.29. The van der Waals surface area contributed by atoms with E-state index in [1.54, 1.807) is 18.2 Å². The molecule has 1 saturated heterocycles. The van der Waals surface area contributed by atoms with E-state index in [0.29, 0.717) is 11.6 Å². The van der Waals surface area contributed by atoms with Crippen LogP contribution in [0.2, 0.25) is 0 Å². The third-order valence-electron chi connectivity index (χ3n) is 5.11. The van der Waals surface area contributed by atoms with Crippen LogP contribution in [0.1, 0.15) is 0 Å². The number of hydrogen-bond donors (Lipinski definition) is 1. The van der Waals surface area contributed by atoms with E-state index in [1.807, 2.05) is 24.3 Å². The number of sulfonamides is 1. The molecule has 29 heavy (non-hydrogen) atoms. The van der Waals surface area contributed by atoms with Crippen LogP contribution < -0.4 is 14.4 Å². The minimum atomic E-state index is -3.79. The second kappa shape index (κ2) is 7.88. The van der Waals surface area contributed by atoms with Gasteiger partial charge in [-0.15, -0.1) is 0 Å². The van der Waals surface area contributed by atoms with E-state index in [9.17, 15) is 8.42 Å². The quantitative estimate of drug-likeness (QED) is 0.695. The molecule has 3 aromatic rings. The smallest absolute Gasteiger partial charge is 0.263 e. The Morgan fingerprint density at radius 2 is 1.76 bits per heavy atom. The summed E-state index contributed by atoms with van der Waals surface area (Å²) in [6.07, 6.45) is 0. The molecule has 0 atom stereocenters. The Kier molecular flexibility index (Phi) is 5.29. The molecule has 2 heterocycles. The van der Waals surface area contributed by atoms with Crippen LogP contribution in [0.3, 0.4) is 0 Å². The molecule has 7 nitrogen and oxygen atoms in total. The number of piperazine rings is 1. The summed E-state index contributed by atoms with van der Waals surface area (Å²) in [4.78, 5) is 9.31. The molecule has 0 saturated carbocycles. The van der Waals surface area contributed by atoms with Crippen LogP contribution in [0.15, 0.2) is 59.5 Å². The lowest BCUT2D eigenvalue weighted by Crippen LogP contribution is -2.45. The van der Waals surface area contributed by atoms with Gasteiger partial charge >= 0.3 is 0 Å². The molecule has 0 aliphatic carbocycles. The molecule has 1 fully saturated rings. The fourth-order valence-electron chi connectivity index (χ4n) is 3.46. The molecule has 1 N–H and O–H groups in total. The third kappa shape index (κ3) is 4.13. The third-order valence-corrected chi connectivity index (χ3v) is 6.47. The summed E-state index contributed by atoms with van der Waals surface area (Å²) in [5.74, 6) is 1.59.